The minimum Gasteiger partial charge on any atom is -0.391 e. The third-order valence-corrected chi connectivity index (χ3v) is 3.99. The van der Waals surface area contributed by atoms with Gasteiger partial charge in [-0.1, -0.05) is 33.0 Å². The number of hydrogen-bond donors (Lipinski definition) is 2. The van der Waals surface area contributed by atoms with Crippen molar-refractivity contribution in [3.8, 4) is 0 Å². The Labute approximate surface area is 125 Å². The van der Waals surface area contributed by atoms with Crippen LogP contribution in [0.5, 0.6) is 0 Å². The third-order valence-electron chi connectivity index (χ3n) is 3.60. The quantitative estimate of drug-likeness (QED) is 0.783. The normalized spacial score (nSPS) is 11.2. The predicted molar refractivity (Wildman–Crippen MR) is 83.7 cm³/mol. The van der Waals surface area contributed by atoms with Gasteiger partial charge in [-0.25, -0.2) is 0 Å². The van der Waals surface area contributed by atoms with Crippen LogP contribution in [0.3, 0.4) is 0 Å². The Morgan fingerprint density at radius 1 is 1.35 bits per heavy atom. The molecule has 0 bridgehead atoms. The van der Waals surface area contributed by atoms with Gasteiger partial charge >= 0.3 is 0 Å². The van der Waals surface area contributed by atoms with Crippen molar-refractivity contribution in [3.63, 3.8) is 0 Å². The summed E-state index contributed by atoms with van der Waals surface area (Å²) in [5, 5.41) is 11.0. The molecule has 110 valence electrons. The minimum atomic E-state index is -0.644. The summed E-state index contributed by atoms with van der Waals surface area (Å²) in [5.74, 6) is -0.198. The van der Waals surface area contributed by atoms with E-state index in [0.717, 1.165) is 0 Å². The minimum absolute atomic E-state index is 0.198. The van der Waals surface area contributed by atoms with E-state index >= 15 is 0 Å². The molecule has 0 aliphatic heterocycles. The fourth-order valence-corrected chi connectivity index (χ4v) is 2.43. The first-order chi connectivity index (χ1) is 9.40. The highest BCUT2D eigenvalue weighted by Gasteiger charge is 2.32. The van der Waals surface area contributed by atoms with Crippen LogP contribution in [0.1, 0.15) is 55.4 Å². The molecule has 0 unspecified atom stereocenters. The number of nitrogens with two attached hydrogens (primary N) is 1. The second-order valence-electron chi connectivity index (χ2n) is 4.81. The number of amides is 1. The van der Waals surface area contributed by atoms with Crippen LogP contribution in [-0.2, 0) is 6.42 Å². The lowest BCUT2D eigenvalue weighted by Crippen LogP contribution is -2.56. The van der Waals surface area contributed by atoms with Crippen molar-refractivity contribution in [1.29, 1.82) is 0 Å². The number of rotatable bonds is 6. The van der Waals surface area contributed by atoms with Crippen molar-refractivity contribution < 1.29 is 4.79 Å². The van der Waals surface area contributed by atoms with Crippen LogP contribution in [0, 0.1) is 6.92 Å². The summed E-state index contributed by atoms with van der Waals surface area (Å²) in [6, 6.07) is 1.75. The second-order valence-corrected chi connectivity index (χ2v) is 5.25. The van der Waals surface area contributed by atoms with Gasteiger partial charge in [-0.15, -0.1) is 0 Å². The largest absolute Gasteiger partial charge is 0.391 e. The molecule has 0 fully saturated rings. The average molecular weight is 294 g/mol. The Bertz CT molecular complexity index is 512. The Balaban J connectivity index is 3.12. The summed E-state index contributed by atoms with van der Waals surface area (Å²) >= 11 is 5.12. The molecule has 0 radical (unpaired) electrons. The molecule has 1 rings (SSSR count). The first-order valence-electron chi connectivity index (χ1n) is 6.85. The summed E-state index contributed by atoms with van der Waals surface area (Å²) in [7, 11) is 0. The number of aryl methyl sites for hydroxylation is 2. The number of thiocarbonyl (C=S) groups is 1. The molecule has 0 atom stereocenters. The lowest BCUT2D eigenvalue weighted by Gasteiger charge is -2.31. The summed E-state index contributed by atoms with van der Waals surface area (Å²) in [4.78, 5) is 12.8. The molecular weight excluding hydrogens is 272 g/mol. The maximum Gasteiger partial charge on any atom is 0.254 e. The number of carbonyl (C=O) groups excluding carboxylic acids is 1. The van der Waals surface area contributed by atoms with E-state index in [4.69, 9.17) is 18.0 Å². The van der Waals surface area contributed by atoms with Gasteiger partial charge in [0.25, 0.3) is 5.91 Å². The smallest absolute Gasteiger partial charge is 0.254 e. The fraction of sp³-hybridized carbons (Fsp3) is 0.571. The average Bonchev–Trinajstić information content (AvgIpc) is 2.44. The molecule has 6 heteroatoms. The maximum atomic E-state index is 12.5. The molecule has 5 nitrogen and oxygen atoms in total. The van der Waals surface area contributed by atoms with Gasteiger partial charge in [-0.2, -0.15) is 10.2 Å². The van der Waals surface area contributed by atoms with E-state index in [0.29, 0.717) is 41.2 Å². The van der Waals surface area contributed by atoms with E-state index in [9.17, 15) is 4.79 Å². The van der Waals surface area contributed by atoms with Crippen molar-refractivity contribution in [2.75, 3.05) is 0 Å². The zero-order chi connectivity index (χ0) is 15.3. The van der Waals surface area contributed by atoms with E-state index < -0.39 is 5.54 Å². The molecule has 20 heavy (non-hydrogen) atoms. The van der Waals surface area contributed by atoms with Crippen LogP contribution < -0.4 is 11.1 Å². The van der Waals surface area contributed by atoms with Crippen molar-refractivity contribution in [1.82, 2.24) is 15.5 Å². The molecular formula is C14H22N4OS. The van der Waals surface area contributed by atoms with Gasteiger partial charge in [0.15, 0.2) is 0 Å². The van der Waals surface area contributed by atoms with Crippen LogP contribution in [0.4, 0.5) is 0 Å². The first-order valence-corrected chi connectivity index (χ1v) is 7.26. The van der Waals surface area contributed by atoms with Gasteiger partial charge in [0, 0.05) is 0 Å². The van der Waals surface area contributed by atoms with Crippen molar-refractivity contribution >= 4 is 23.1 Å². The van der Waals surface area contributed by atoms with Crippen LogP contribution >= 0.6 is 12.2 Å². The van der Waals surface area contributed by atoms with Gasteiger partial charge in [0.1, 0.15) is 0 Å². The number of nitrogens with one attached hydrogen (secondary N) is 1. The standard InChI is InChI=1S/C14H22N4OS/c1-5-11-10(8-9(4)17-18-11)12(19)16-14(6-2,7-3)13(15)20/h8H,5-7H2,1-4H3,(H2,15,20)(H,16,19). The molecule has 1 aromatic rings. The molecule has 1 amide bonds. The Hall–Kier alpha value is -1.56. The number of aromatic nitrogens is 2. The molecule has 0 saturated heterocycles. The molecule has 3 N–H and O–H groups in total. The molecule has 0 aromatic carbocycles. The van der Waals surface area contributed by atoms with Gasteiger partial charge in [-0.05, 0) is 32.3 Å². The monoisotopic (exact) mass is 294 g/mol. The maximum absolute atomic E-state index is 12.5. The molecule has 0 aliphatic carbocycles. The number of hydrogen-bond acceptors (Lipinski definition) is 4. The molecule has 0 spiro atoms. The molecule has 1 heterocycles. The lowest BCUT2D eigenvalue weighted by molar-refractivity contribution is 0.0918. The Morgan fingerprint density at radius 2 is 1.95 bits per heavy atom. The topological polar surface area (TPSA) is 80.9 Å². The highest BCUT2D eigenvalue weighted by molar-refractivity contribution is 7.80. The summed E-state index contributed by atoms with van der Waals surface area (Å²) in [6.07, 6.45) is 1.96. The van der Waals surface area contributed by atoms with E-state index in [1.807, 2.05) is 27.7 Å². The van der Waals surface area contributed by atoms with Crippen molar-refractivity contribution in [2.45, 2.75) is 52.5 Å². The highest BCUT2D eigenvalue weighted by Crippen LogP contribution is 2.18. The van der Waals surface area contributed by atoms with E-state index in [2.05, 4.69) is 15.5 Å². The fourth-order valence-electron chi connectivity index (χ4n) is 2.09. The molecule has 0 aliphatic rings. The Morgan fingerprint density at radius 3 is 2.40 bits per heavy atom. The van der Waals surface area contributed by atoms with E-state index in [-0.39, 0.29) is 5.91 Å². The first kappa shape index (κ1) is 16.5. The molecule has 0 saturated carbocycles. The second kappa shape index (κ2) is 6.74. The zero-order valence-corrected chi connectivity index (χ0v) is 13.3. The van der Waals surface area contributed by atoms with Crippen LogP contribution in [0.2, 0.25) is 0 Å². The van der Waals surface area contributed by atoms with Gasteiger partial charge in [-0.3, -0.25) is 4.79 Å². The zero-order valence-electron chi connectivity index (χ0n) is 12.5. The lowest BCUT2D eigenvalue weighted by atomic mass is 9.92. The SMILES string of the molecule is CCc1nnc(C)cc1C(=O)NC(CC)(CC)C(N)=S. The van der Waals surface area contributed by atoms with Crippen LogP contribution in [0.15, 0.2) is 6.07 Å². The Kier molecular flexibility index (Phi) is 5.56. The summed E-state index contributed by atoms with van der Waals surface area (Å²) < 4.78 is 0. The number of carbonyl (C=O) groups is 1. The highest BCUT2D eigenvalue weighted by atomic mass is 32.1. The van der Waals surface area contributed by atoms with E-state index in [1.165, 1.54) is 0 Å². The number of nitrogens with zero attached hydrogens (tertiary/aromatic N) is 2. The summed E-state index contributed by atoms with van der Waals surface area (Å²) in [6.45, 7) is 7.67. The van der Waals surface area contributed by atoms with Crippen LogP contribution in [0.25, 0.3) is 0 Å². The van der Waals surface area contributed by atoms with Crippen molar-refractivity contribution in [2.24, 2.45) is 5.73 Å². The van der Waals surface area contributed by atoms with Gasteiger partial charge in [0.2, 0.25) is 0 Å². The van der Waals surface area contributed by atoms with E-state index in [1.54, 1.807) is 6.07 Å². The van der Waals surface area contributed by atoms with Gasteiger partial charge in [0.05, 0.1) is 27.5 Å². The van der Waals surface area contributed by atoms with Crippen LogP contribution in [-0.4, -0.2) is 26.6 Å². The predicted octanol–water partition coefficient (Wildman–Crippen LogP) is 1.92. The summed E-state index contributed by atoms with van der Waals surface area (Å²) in [5.41, 5.74) is 7.10. The van der Waals surface area contributed by atoms with Crippen molar-refractivity contribution in [3.05, 3.63) is 23.0 Å². The third kappa shape index (κ3) is 3.30. The molecule has 1 aromatic heterocycles. The van der Waals surface area contributed by atoms with Gasteiger partial charge < -0.3 is 11.1 Å².